The third-order valence-corrected chi connectivity index (χ3v) is 11.6. The minimum Gasteiger partial charge on any atom is -0.0622 e. The average molecular weight is 709 g/mol. The first-order valence-electron chi connectivity index (χ1n) is 19.4. The number of benzene rings is 11. The molecule has 56 heavy (non-hydrogen) atoms. The largest absolute Gasteiger partial charge is 0.0622 e. The van der Waals surface area contributed by atoms with Crippen LogP contribution in [0, 0.1) is 0 Å². The molecule has 0 atom stereocenters. The molecule has 0 nitrogen and oxygen atoms in total. The molecule has 0 heterocycles. The monoisotopic (exact) mass is 708 g/mol. The summed E-state index contributed by atoms with van der Waals surface area (Å²) in [5, 5.41) is 12.5. The van der Waals surface area contributed by atoms with Crippen LogP contribution in [0.25, 0.3) is 109 Å². The Morgan fingerprint density at radius 3 is 1.43 bits per heavy atom. The molecule has 0 fully saturated rings. The Balaban J connectivity index is 1.27. The summed E-state index contributed by atoms with van der Waals surface area (Å²) >= 11 is 0. The summed E-state index contributed by atoms with van der Waals surface area (Å²) in [7, 11) is 0. The topological polar surface area (TPSA) is 0 Å². The standard InChI is InChI=1S/C56H36/c1-2-14-37(15-3-1)44-33-45(49-26-12-20-39-17-6-8-22-47(39)49)35-46(34-44)55-51-24-10-11-25-52(51)56(50-27-13-21-40-18-7-9-23-48(40)50)53-31-30-43(36-54(53)55)42-29-28-38-16-4-5-19-41(38)32-42/h1-36H. The van der Waals surface area contributed by atoms with Crippen LogP contribution in [0.1, 0.15) is 0 Å². The fraction of sp³-hybridized carbons (Fsp3) is 0. The van der Waals surface area contributed by atoms with E-state index >= 15 is 0 Å². The highest BCUT2D eigenvalue weighted by Gasteiger charge is 2.20. The van der Waals surface area contributed by atoms with Gasteiger partial charge in [0.2, 0.25) is 0 Å². The highest BCUT2D eigenvalue weighted by Crippen LogP contribution is 2.48. The second-order valence-corrected chi connectivity index (χ2v) is 14.8. The maximum atomic E-state index is 2.45. The van der Waals surface area contributed by atoms with Gasteiger partial charge in [-0.2, -0.15) is 0 Å². The first-order chi connectivity index (χ1) is 27.8. The lowest BCUT2D eigenvalue weighted by Gasteiger charge is -2.21. The van der Waals surface area contributed by atoms with E-state index in [4.69, 9.17) is 0 Å². The number of hydrogen-bond acceptors (Lipinski definition) is 0. The molecule has 0 spiro atoms. The zero-order valence-corrected chi connectivity index (χ0v) is 30.8. The van der Waals surface area contributed by atoms with Gasteiger partial charge in [-0.05, 0) is 140 Å². The van der Waals surface area contributed by atoms with Gasteiger partial charge in [-0.25, -0.2) is 0 Å². The SMILES string of the molecule is c1ccc(-c2cc(-c3cccc4ccccc34)cc(-c3c4ccccc4c(-c4cccc5ccccc45)c4ccc(-c5ccc6ccccc6c5)cc34)c2)cc1. The predicted molar refractivity (Wildman–Crippen MR) is 241 cm³/mol. The molecule has 11 rings (SSSR count). The molecule has 11 aromatic carbocycles. The van der Waals surface area contributed by atoms with Crippen molar-refractivity contribution in [3.05, 3.63) is 218 Å². The molecule has 0 N–H and O–H groups in total. The van der Waals surface area contributed by atoms with Crippen LogP contribution >= 0.6 is 0 Å². The van der Waals surface area contributed by atoms with E-state index in [0.717, 1.165) is 0 Å². The van der Waals surface area contributed by atoms with Crippen LogP contribution in [0.3, 0.4) is 0 Å². The molecule has 0 aliphatic rings. The van der Waals surface area contributed by atoms with Gasteiger partial charge in [0.25, 0.3) is 0 Å². The lowest BCUT2D eigenvalue weighted by molar-refractivity contribution is 1.59. The first-order valence-corrected chi connectivity index (χ1v) is 19.4. The summed E-state index contributed by atoms with van der Waals surface area (Å²) in [4.78, 5) is 0. The van der Waals surface area contributed by atoms with E-state index in [9.17, 15) is 0 Å². The summed E-state index contributed by atoms with van der Waals surface area (Å²) in [5.41, 5.74) is 12.2. The molecule has 0 aliphatic heterocycles. The highest BCUT2D eigenvalue weighted by atomic mass is 14.2. The lowest BCUT2D eigenvalue weighted by atomic mass is 9.82. The molecule has 0 aromatic heterocycles. The predicted octanol–water partition coefficient (Wildman–Crippen LogP) is 15.8. The van der Waals surface area contributed by atoms with E-state index in [0.29, 0.717) is 0 Å². The Labute approximate surface area is 326 Å². The minimum absolute atomic E-state index is 1.20. The van der Waals surface area contributed by atoms with Crippen LogP contribution in [0.5, 0.6) is 0 Å². The van der Waals surface area contributed by atoms with Crippen molar-refractivity contribution < 1.29 is 0 Å². The molecule has 0 saturated heterocycles. The van der Waals surface area contributed by atoms with E-state index in [-0.39, 0.29) is 0 Å². The van der Waals surface area contributed by atoms with Gasteiger partial charge in [-0.15, -0.1) is 0 Å². The van der Waals surface area contributed by atoms with Crippen molar-refractivity contribution >= 4 is 53.9 Å². The zero-order chi connectivity index (χ0) is 37.0. The molecular formula is C56H36. The number of fused-ring (bicyclic) bond motifs is 5. The molecule has 0 bridgehead atoms. The zero-order valence-electron chi connectivity index (χ0n) is 30.8. The molecule has 0 radical (unpaired) electrons. The third-order valence-electron chi connectivity index (χ3n) is 11.6. The van der Waals surface area contributed by atoms with Crippen molar-refractivity contribution in [3.8, 4) is 55.6 Å². The smallest absolute Gasteiger partial charge is 0.00201 e. The van der Waals surface area contributed by atoms with Gasteiger partial charge in [0, 0.05) is 0 Å². The molecule has 260 valence electrons. The van der Waals surface area contributed by atoms with Crippen LogP contribution in [-0.4, -0.2) is 0 Å². The van der Waals surface area contributed by atoms with E-state index in [1.54, 1.807) is 0 Å². The Kier molecular flexibility index (Phi) is 7.60. The van der Waals surface area contributed by atoms with Crippen molar-refractivity contribution in [2.45, 2.75) is 0 Å². The van der Waals surface area contributed by atoms with E-state index in [1.165, 1.54) is 109 Å². The van der Waals surface area contributed by atoms with Crippen LogP contribution in [-0.2, 0) is 0 Å². The van der Waals surface area contributed by atoms with Crippen molar-refractivity contribution in [1.82, 2.24) is 0 Å². The summed E-state index contributed by atoms with van der Waals surface area (Å²) in [5.74, 6) is 0. The molecule has 0 saturated carbocycles. The maximum absolute atomic E-state index is 2.45. The summed E-state index contributed by atoms with van der Waals surface area (Å²) in [6.45, 7) is 0. The van der Waals surface area contributed by atoms with Crippen LogP contribution in [0.2, 0.25) is 0 Å². The molecule has 0 unspecified atom stereocenters. The molecule has 0 heteroatoms. The van der Waals surface area contributed by atoms with Crippen LogP contribution in [0.4, 0.5) is 0 Å². The van der Waals surface area contributed by atoms with Gasteiger partial charge in [-0.3, -0.25) is 0 Å². The third kappa shape index (κ3) is 5.38. The van der Waals surface area contributed by atoms with Crippen molar-refractivity contribution in [2.75, 3.05) is 0 Å². The molecule has 11 aromatic rings. The molecule has 0 aliphatic carbocycles. The summed E-state index contributed by atoms with van der Waals surface area (Å²) < 4.78 is 0. The normalized spacial score (nSPS) is 11.6. The highest BCUT2D eigenvalue weighted by molar-refractivity contribution is 6.24. The van der Waals surface area contributed by atoms with Gasteiger partial charge in [-0.1, -0.05) is 188 Å². The number of hydrogen-bond donors (Lipinski definition) is 0. The second-order valence-electron chi connectivity index (χ2n) is 14.8. The van der Waals surface area contributed by atoms with Crippen LogP contribution in [0.15, 0.2) is 218 Å². The fourth-order valence-corrected chi connectivity index (χ4v) is 8.97. The van der Waals surface area contributed by atoms with Gasteiger partial charge in [0.05, 0.1) is 0 Å². The summed E-state index contributed by atoms with van der Waals surface area (Å²) in [6.07, 6.45) is 0. The van der Waals surface area contributed by atoms with Gasteiger partial charge in [0.15, 0.2) is 0 Å². The second kappa shape index (κ2) is 13.2. The first kappa shape index (κ1) is 32.2. The Morgan fingerprint density at radius 2 is 0.679 bits per heavy atom. The van der Waals surface area contributed by atoms with Crippen molar-refractivity contribution in [3.63, 3.8) is 0 Å². The Hall–Kier alpha value is -7.28. The lowest BCUT2D eigenvalue weighted by Crippen LogP contribution is -1.94. The van der Waals surface area contributed by atoms with Gasteiger partial charge >= 0.3 is 0 Å². The number of rotatable bonds is 5. The average Bonchev–Trinajstić information content (AvgIpc) is 3.27. The quantitative estimate of drug-likeness (QED) is 0.156. The minimum atomic E-state index is 1.20. The van der Waals surface area contributed by atoms with E-state index in [1.807, 2.05) is 0 Å². The van der Waals surface area contributed by atoms with Crippen molar-refractivity contribution in [1.29, 1.82) is 0 Å². The van der Waals surface area contributed by atoms with Gasteiger partial charge < -0.3 is 0 Å². The molecular weight excluding hydrogens is 673 g/mol. The fourth-order valence-electron chi connectivity index (χ4n) is 8.97. The van der Waals surface area contributed by atoms with Gasteiger partial charge in [0.1, 0.15) is 0 Å². The Morgan fingerprint density at radius 1 is 0.179 bits per heavy atom. The van der Waals surface area contributed by atoms with E-state index < -0.39 is 0 Å². The van der Waals surface area contributed by atoms with E-state index in [2.05, 4.69) is 218 Å². The summed E-state index contributed by atoms with van der Waals surface area (Å²) in [6, 6.07) is 80.6. The van der Waals surface area contributed by atoms with Crippen LogP contribution < -0.4 is 0 Å². The Bertz CT molecular complexity index is 3290. The van der Waals surface area contributed by atoms with Crippen molar-refractivity contribution in [2.24, 2.45) is 0 Å². The maximum Gasteiger partial charge on any atom is -0.00201 e. The molecule has 0 amide bonds.